The first-order chi connectivity index (χ1) is 6.93. The van der Waals surface area contributed by atoms with Gasteiger partial charge in [0.25, 0.3) is 0 Å². The molecule has 0 unspecified atom stereocenters. The highest BCUT2D eigenvalue weighted by atomic mass is 16.5. The summed E-state index contributed by atoms with van der Waals surface area (Å²) in [4.78, 5) is 9.91. The van der Waals surface area contributed by atoms with Crippen LogP contribution in [-0.4, -0.2) is 19.6 Å². The van der Waals surface area contributed by atoms with Gasteiger partial charge in [-0.25, -0.2) is 0 Å². The Hall–Kier alpha value is -1.35. The van der Waals surface area contributed by atoms with Crippen LogP contribution in [0.15, 0.2) is 30.3 Å². The fraction of sp³-hybridized carbons (Fsp3) is 0.364. The number of ether oxygens (including phenoxy) is 1. The Balaban J connectivity index is 2.02. The minimum atomic E-state index is 0.641. The van der Waals surface area contributed by atoms with Gasteiger partial charge in [0.2, 0.25) is 6.41 Å². The van der Waals surface area contributed by atoms with Crippen molar-refractivity contribution < 1.29 is 9.53 Å². The van der Waals surface area contributed by atoms with Crippen molar-refractivity contribution in [1.29, 1.82) is 0 Å². The summed E-state index contributed by atoms with van der Waals surface area (Å²) in [7, 11) is 0. The van der Waals surface area contributed by atoms with Crippen molar-refractivity contribution in [3.05, 3.63) is 35.9 Å². The van der Waals surface area contributed by atoms with Gasteiger partial charge in [-0.05, 0) is 12.0 Å². The minimum absolute atomic E-state index is 0.641. The molecule has 0 saturated carbocycles. The zero-order valence-corrected chi connectivity index (χ0v) is 8.11. The Morgan fingerprint density at radius 1 is 1.29 bits per heavy atom. The van der Waals surface area contributed by atoms with E-state index >= 15 is 0 Å². The number of rotatable bonds is 7. The van der Waals surface area contributed by atoms with Gasteiger partial charge in [-0.15, -0.1) is 0 Å². The van der Waals surface area contributed by atoms with E-state index in [0.717, 1.165) is 6.42 Å². The normalized spacial score (nSPS) is 9.71. The first kappa shape index (κ1) is 10.7. The lowest BCUT2D eigenvalue weighted by molar-refractivity contribution is -0.109. The van der Waals surface area contributed by atoms with Crippen LogP contribution in [0.25, 0.3) is 0 Å². The lowest BCUT2D eigenvalue weighted by Crippen LogP contribution is -2.14. The molecule has 76 valence electrons. The van der Waals surface area contributed by atoms with Gasteiger partial charge in [-0.3, -0.25) is 4.79 Å². The van der Waals surface area contributed by atoms with E-state index in [-0.39, 0.29) is 0 Å². The maximum atomic E-state index is 9.91. The molecule has 1 aromatic carbocycles. The summed E-state index contributed by atoms with van der Waals surface area (Å²) in [5.41, 5.74) is 1.18. The summed E-state index contributed by atoms with van der Waals surface area (Å²) < 4.78 is 5.41. The minimum Gasteiger partial charge on any atom is -0.377 e. The number of hydrogen-bond acceptors (Lipinski definition) is 2. The average molecular weight is 193 g/mol. The Morgan fingerprint density at radius 2 is 2.07 bits per heavy atom. The molecule has 0 bridgehead atoms. The van der Waals surface area contributed by atoms with Crippen molar-refractivity contribution in [3.63, 3.8) is 0 Å². The molecule has 1 rings (SSSR count). The molecule has 0 heterocycles. The predicted octanol–water partition coefficient (Wildman–Crippen LogP) is 1.34. The quantitative estimate of drug-likeness (QED) is 0.524. The number of benzene rings is 1. The van der Waals surface area contributed by atoms with Crippen LogP contribution in [0.3, 0.4) is 0 Å². The van der Waals surface area contributed by atoms with Crippen LogP contribution in [0.2, 0.25) is 0 Å². The molecule has 1 N–H and O–H groups in total. The molecule has 3 nitrogen and oxygen atoms in total. The smallest absolute Gasteiger partial charge is 0.207 e. The molecule has 0 aliphatic carbocycles. The Bertz CT molecular complexity index is 249. The van der Waals surface area contributed by atoms with Gasteiger partial charge in [0.15, 0.2) is 0 Å². The first-order valence-corrected chi connectivity index (χ1v) is 4.72. The van der Waals surface area contributed by atoms with Crippen LogP contribution >= 0.6 is 0 Å². The number of carbonyl (C=O) groups excluding carboxylic acids is 1. The standard InChI is InChI=1S/C11H15NO2/c13-10-12-7-4-8-14-9-11-5-2-1-3-6-11/h1-3,5-6,10H,4,7-9H2,(H,12,13). The zero-order chi connectivity index (χ0) is 10.1. The molecule has 0 aliphatic rings. The van der Waals surface area contributed by atoms with Crippen LogP contribution in [0.1, 0.15) is 12.0 Å². The third-order valence-electron chi connectivity index (χ3n) is 1.80. The van der Waals surface area contributed by atoms with Gasteiger partial charge in [0, 0.05) is 13.2 Å². The second-order valence-electron chi connectivity index (χ2n) is 2.96. The molecule has 0 fully saturated rings. The predicted molar refractivity (Wildman–Crippen MR) is 54.8 cm³/mol. The number of nitrogens with one attached hydrogen (secondary N) is 1. The number of hydrogen-bond donors (Lipinski definition) is 1. The molecule has 3 heteroatoms. The maximum absolute atomic E-state index is 9.91. The fourth-order valence-corrected chi connectivity index (χ4v) is 1.10. The van der Waals surface area contributed by atoms with Crippen molar-refractivity contribution in [2.45, 2.75) is 13.0 Å². The summed E-state index contributed by atoms with van der Waals surface area (Å²) >= 11 is 0. The summed E-state index contributed by atoms with van der Waals surface area (Å²) in [5, 5.41) is 2.59. The van der Waals surface area contributed by atoms with Crippen molar-refractivity contribution >= 4 is 6.41 Å². The summed E-state index contributed by atoms with van der Waals surface area (Å²) in [6.45, 7) is 2.00. The second kappa shape index (κ2) is 7.09. The van der Waals surface area contributed by atoms with Gasteiger partial charge >= 0.3 is 0 Å². The molecule has 0 aliphatic heterocycles. The first-order valence-electron chi connectivity index (χ1n) is 4.72. The Kier molecular flexibility index (Phi) is 5.43. The molecular weight excluding hydrogens is 178 g/mol. The highest BCUT2D eigenvalue weighted by Crippen LogP contribution is 2.00. The van der Waals surface area contributed by atoms with Gasteiger partial charge in [0.1, 0.15) is 0 Å². The van der Waals surface area contributed by atoms with Gasteiger partial charge in [0.05, 0.1) is 6.61 Å². The highest BCUT2D eigenvalue weighted by molar-refractivity contribution is 5.45. The van der Waals surface area contributed by atoms with Crippen molar-refractivity contribution in [2.24, 2.45) is 0 Å². The van der Waals surface area contributed by atoms with Crippen molar-refractivity contribution in [2.75, 3.05) is 13.2 Å². The summed E-state index contributed by atoms with van der Waals surface area (Å²) in [5.74, 6) is 0. The molecule has 0 saturated heterocycles. The van der Waals surface area contributed by atoms with Crippen molar-refractivity contribution in [1.82, 2.24) is 5.32 Å². The molecule has 0 spiro atoms. The van der Waals surface area contributed by atoms with Crippen LogP contribution in [0.4, 0.5) is 0 Å². The van der Waals surface area contributed by atoms with Crippen LogP contribution in [0, 0.1) is 0 Å². The Morgan fingerprint density at radius 3 is 2.79 bits per heavy atom. The third-order valence-corrected chi connectivity index (χ3v) is 1.80. The summed E-state index contributed by atoms with van der Waals surface area (Å²) in [6, 6.07) is 10.0. The van der Waals surface area contributed by atoms with E-state index in [9.17, 15) is 4.79 Å². The Labute approximate surface area is 84.1 Å². The largest absolute Gasteiger partial charge is 0.377 e. The van der Waals surface area contributed by atoms with Gasteiger partial charge in [-0.2, -0.15) is 0 Å². The number of carbonyl (C=O) groups is 1. The van der Waals surface area contributed by atoms with Crippen LogP contribution in [-0.2, 0) is 16.1 Å². The molecular formula is C11H15NO2. The fourth-order valence-electron chi connectivity index (χ4n) is 1.10. The summed E-state index contributed by atoms with van der Waals surface area (Å²) in [6.07, 6.45) is 1.56. The third kappa shape index (κ3) is 4.62. The monoisotopic (exact) mass is 193 g/mol. The van der Waals surface area contributed by atoms with Crippen LogP contribution < -0.4 is 5.32 Å². The molecule has 0 aromatic heterocycles. The molecule has 14 heavy (non-hydrogen) atoms. The van der Waals surface area contributed by atoms with Crippen molar-refractivity contribution in [3.8, 4) is 0 Å². The molecule has 0 atom stereocenters. The van der Waals surface area contributed by atoms with Gasteiger partial charge < -0.3 is 10.1 Å². The highest BCUT2D eigenvalue weighted by Gasteiger charge is 1.91. The van der Waals surface area contributed by atoms with E-state index in [0.29, 0.717) is 26.2 Å². The van der Waals surface area contributed by atoms with E-state index < -0.39 is 0 Å². The topological polar surface area (TPSA) is 38.3 Å². The zero-order valence-electron chi connectivity index (χ0n) is 8.11. The lowest BCUT2D eigenvalue weighted by atomic mass is 10.2. The molecule has 0 radical (unpaired) electrons. The van der Waals surface area contributed by atoms with E-state index in [1.165, 1.54) is 5.56 Å². The van der Waals surface area contributed by atoms with E-state index in [1.807, 2.05) is 30.3 Å². The average Bonchev–Trinajstić information content (AvgIpc) is 2.25. The number of amides is 1. The molecule has 1 amide bonds. The van der Waals surface area contributed by atoms with E-state index in [1.54, 1.807) is 0 Å². The SMILES string of the molecule is O=CNCCCOCc1ccccc1. The maximum Gasteiger partial charge on any atom is 0.207 e. The van der Waals surface area contributed by atoms with Crippen LogP contribution in [0.5, 0.6) is 0 Å². The molecule has 1 aromatic rings. The van der Waals surface area contributed by atoms with E-state index in [2.05, 4.69) is 5.32 Å². The lowest BCUT2D eigenvalue weighted by Gasteiger charge is -2.03. The van der Waals surface area contributed by atoms with Gasteiger partial charge in [-0.1, -0.05) is 30.3 Å². The second-order valence-corrected chi connectivity index (χ2v) is 2.96. The van der Waals surface area contributed by atoms with E-state index in [4.69, 9.17) is 4.74 Å².